The topological polar surface area (TPSA) is 58.2 Å². The van der Waals surface area contributed by atoms with Crippen molar-refractivity contribution in [3.05, 3.63) is 66.2 Å². The van der Waals surface area contributed by atoms with Crippen LogP contribution in [0.3, 0.4) is 0 Å². The fourth-order valence-electron chi connectivity index (χ4n) is 3.32. The van der Waals surface area contributed by atoms with E-state index in [0.717, 1.165) is 23.3 Å². The van der Waals surface area contributed by atoms with Crippen molar-refractivity contribution in [3.8, 4) is 0 Å². The number of nitrogens with one attached hydrogen (secondary N) is 2. The van der Waals surface area contributed by atoms with Gasteiger partial charge in [0, 0.05) is 10.9 Å². The van der Waals surface area contributed by atoms with E-state index in [1.807, 2.05) is 60.7 Å². The molecule has 0 radical (unpaired) electrons. The highest BCUT2D eigenvalue weighted by atomic mass is 32.2. The van der Waals surface area contributed by atoms with Crippen LogP contribution in [0, 0.1) is 0 Å². The van der Waals surface area contributed by atoms with E-state index < -0.39 is 5.25 Å². The van der Waals surface area contributed by atoms with Crippen LogP contribution in [0.4, 0.5) is 0 Å². The summed E-state index contributed by atoms with van der Waals surface area (Å²) in [4.78, 5) is 26.1. The summed E-state index contributed by atoms with van der Waals surface area (Å²) in [6, 6.07) is 19.8. The van der Waals surface area contributed by atoms with Crippen LogP contribution < -0.4 is 10.6 Å². The van der Waals surface area contributed by atoms with E-state index >= 15 is 0 Å². The van der Waals surface area contributed by atoms with Gasteiger partial charge in [-0.05, 0) is 30.5 Å². The molecule has 142 valence electrons. The number of rotatable bonds is 7. The number of thioether (sulfide) groups is 1. The molecule has 3 rings (SSSR count). The van der Waals surface area contributed by atoms with Crippen LogP contribution in [0.5, 0.6) is 0 Å². The molecule has 0 spiro atoms. The molecule has 1 fully saturated rings. The molecule has 1 aliphatic rings. The highest BCUT2D eigenvalue weighted by Crippen LogP contribution is 2.35. The molecule has 1 aliphatic carbocycles. The number of hydrogen-bond donors (Lipinski definition) is 2. The van der Waals surface area contributed by atoms with E-state index in [4.69, 9.17) is 0 Å². The molecule has 0 aliphatic heterocycles. The predicted octanol–water partition coefficient (Wildman–Crippen LogP) is 4.09. The molecule has 1 saturated carbocycles. The molecule has 2 amide bonds. The van der Waals surface area contributed by atoms with Crippen molar-refractivity contribution in [2.75, 3.05) is 6.54 Å². The Morgan fingerprint density at radius 3 is 2.22 bits per heavy atom. The van der Waals surface area contributed by atoms with Gasteiger partial charge in [-0.2, -0.15) is 0 Å². The Balaban J connectivity index is 1.59. The number of benzene rings is 2. The van der Waals surface area contributed by atoms with Gasteiger partial charge in [-0.3, -0.25) is 9.59 Å². The molecular formula is C22H26N2O2S. The largest absolute Gasteiger partial charge is 0.352 e. The molecule has 2 aromatic carbocycles. The van der Waals surface area contributed by atoms with E-state index in [1.54, 1.807) is 0 Å². The predicted molar refractivity (Wildman–Crippen MR) is 110 cm³/mol. The van der Waals surface area contributed by atoms with Crippen LogP contribution in [0.25, 0.3) is 0 Å². The average Bonchev–Trinajstić information content (AvgIpc) is 2.72. The van der Waals surface area contributed by atoms with Crippen LogP contribution in [-0.2, 0) is 9.59 Å². The van der Waals surface area contributed by atoms with Gasteiger partial charge in [0.05, 0.1) is 6.54 Å². The van der Waals surface area contributed by atoms with Gasteiger partial charge in [-0.1, -0.05) is 67.8 Å². The fourth-order valence-corrected chi connectivity index (χ4v) is 4.39. The number of hydrogen-bond acceptors (Lipinski definition) is 3. The van der Waals surface area contributed by atoms with Crippen molar-refractivity contribution in [2.45, 2.75) is 48.3 Å². The summed E-state index contributed by atoms with van der Waals surface area (Å²) < 4.78 is 0. The Morgan fingerprint density at radius 2 is 1.56 bits per heavy atom. The molecule has 4 nitrogen and oxygen atoms in total. The highest BCUT2D eigenvalue weighted by molar-refractivity contribution is 8.00. The minimum atomic E-state index is -0.393. The van der Waals surface area contributed by atoms with Gasteiger partial charge < -0.3 is 10.6 Å². The van der Waals surface area contributed by atoms with Crippen molar-refractivity contribution in [3.63, 3.8) is 0 Å². The monoisotopic (exact) mass is 382 g/mol. The molecule has 0 heterocycles. The van der Waals surface area contributed by atoms with Gasteiger partial charge in [0.2, 0.25) is 11.8 Å². The fraction of sp³-hybridized carbons (Fsp3) is 0.364. The van der Waals surface area contributed by atoms with Gasteiger partial charge in [0.1, 0.15) is 5.25 Å². The molecule has 2 aromatic rings. The average molecular weight is 383 g/mol. The Labute approximate surface area is 165 Å². The zero-order valence-corrected chi connectivity index (χ0v) is 16.2. The van der Waals surface area contributed by atoms with Crippen LogP contribution in [0.15, 0.2) is 65.6 Å². The van der Waals surface area contributed by atoms with Crippen molar-refractivity contribution in [1.29, 1.82) is 0 Å². The van der Waals surface area contributed by atoms with Crippen molar-refractivity contribution < 1.29 is 9.59 Å². The third-order valence-electron chi connectivity index (χ3n) is 4.73. The van der Waals surface area contributed by atoms with Crippen LogP contribution in [0.1, 0.15) is 42.9 Å². The summed E-state index contributed by atoms with van der Waals surface area (Å²) in [5.41, 5.74) is 0.927. The zero-order chi connectivity index (χ0) is 18.9. The maximum Gasteiger partial charge on any atom is 0.239 e. The quantitative estimate of drug-likeness (QED) is 0.709. The number of amides is 2. The highest BCUT2D eigenvalue weighted by Gasteiger charge is 2.23. The van der Waals surface area contributed by atoms with Gasteiger partial charge in [-0.25, -0.2) is 0 Å². The van der Waals surface area contributed by atoms with Crippen LogP contribution >= 0.6 is 11.8 Å². The third kappa shape index (κ3) is 6.14. The lowest BCUT2D eigenvalue weighted by Gasteiger charge is -2.23. The van der Waals surface area contributed by atoms with E-state index in [-0.39, 0.29) is 24.4 Å². The maximum atomic E-state index is 12.8. The molecule has 5 heteroatoms. The molecular weight excluding hydrogens is 356 g/mol. The van der Waals surface area contributed by atoms with Crippen LogP contribution in [-0.4, -0.2) is 24.4 Å². The summed E-state index contributed by atoms with van der Waals surface area (Å²) >= 11 is 1.49. The molecule has 1 atom stereocenters. The summed E-state index contributed by atoms with van der Waals surface area (Å²) in [6.45, 7) is 0.0218. The molecule has 2 N–H and O–H groups in total. The number of carbonyl (C=O) groups is 2. The van der Waals surface area contributed by atoms with E-state index in [2.05, 4.69) is 10.6 Å². The molecule has 1 unspecified atom stereocenters. The number of carbonyl (C=O) groups excluding carboxylic acids is 2. The van der Waals surface area contributed by atoms with Gasteiger partial charge in [0.25, 0.3) is 0 Å². The first-order chi connectivity index (χ1) is 13.2. The first-order valence-corrected chi connectivity index (χ1v) is 10.4. The minimum Gasteiger partial charge on any atom is -0.352 e. The third-order valence-corrected chi connectivity index (χ3v) is 6.00. The summed E-state index contributed by atoms with van der Waals surface area (Å²) in [5, 5.41) is 5.47. The lowest BCUT2D eigenvalue weighted by molar-refractivity contribution is -0.126. The normalized spacial score (nSPS) is 15.7. The van der Waals surface area contributed by atoms with E-state index in [9.17, 15) is 9.59 Å². The Bertz CT molecular complexity index is 730. The molecule has 27 heavy (non-hydrogen) atoms. The first-order valence-electron chi connectivity index (χ1n) is 9.56. The lowest BCUT2D eigenvalue weighted by atomic mass is 9.95. The van der Waals surface area contributed by atoms with Crippen molar-refractivity contribution in [2.24, 2.45) is 0 Å². The Hall–Kier alpha value is -2.27. The second kappa shape index (κ2) is 10.2. The zero-order valence-electron chi connectivity index (χ0n) is 15.4. The second-order valence-corrected chi connectivity index (χ2v) is 8.02. The lowest BCUT2D eigenvalue weighted by Crippen LogP contribution is -2.43. The van der Waals surface area contributed by atoms with E-state index in [0.29, 0.717) is 0 Å². The molecule has 0 saturated heterocycles. The summed E-state index contributed by atoms with van der Waals surface area (Å²) in [5.74, 6) is -0.249. The molecule has 0 aromatic heterocycles. The minimum absolute atomic E-state index is 0.0218. The Kier molecular flexibility index (Phi) is 7.34. The molecule has 0 bridgehead atoms. The van der Waals surface area contributed by atoms with E-state index in [1.165, 1.54) is 31.0 Å². The van der Waals surface area contributed by atoms with Gasteiger partial charge in [-0.15, -0.1) is 11.8 Å². The van der Waals surface area contributed by atoms with Crippen molar-refractivity contribution >= 4 is 23.6 Å². The standard InChI is InChI=1S/C22H26N2O2S/c25-20(24-18-12-6-2-7-13-18)16-23-22(26)21(17-10-4-1-5-11-17)27-19-14-8-3-9-15-19/h1,3-5,8-11,14-15,18,21H,2,6-7,12-13,16H2,(H,23,26)(H,24,25). The van der Waals surface area contributed by atoms with Crippen molar-refractivity contribution in [1.82, 2.24) is 10.6 Å². The maximum absolute atomic E-state index is 12.8. The van der Waals surface area contributed by atoms with Gasteiger partial charge in [0.15, 0.2) is 0 Å². The van der Waals surface area contributed by atoms with Crippen LogP contribution in [0.2, 0.25) is 0 Å². The smallest absolute Gasteiger partial charge is 0.239 e. The van der Waals surface area contributed by atoms with Gasteiger partial charge >= 0.3 is 0 Å². The summed E-state index contributed by atoms with van der Waals surface area (Å²) in [7, 11) is 0. The summed E-state index contributed by atoms with van der Waals surface area (Å²) in [6.07, 6.45) is 5.66. The second-order valence-electron chi connectivity index (χ2n) is 6.84. The first kappa shape index (κ1) is 19.5. The Morgan fingerprint density at radius 1 is 0.926 bits per heavy atom. The SMILES string of the molecule is O=C(CNC(=O)C(Sc1ccccc1)c1ccccc1)NC1CCCCC1.